The average molecular weight is 247 g/mol. The fourth-order valence-electron chi connectivity index (χ4n) is 1.50. The van der Waals surface area contributed by atoms with E-state index in [9.17, 15) is 0 Å². The first-order chi connectivity index (χ1) is 5.77. The molecule has 0 aromatic carbocycles. The van der Waals surface area contributed by atoms with E-state index in [4.69, 9.17) is 5.73 Å². The molecular weight excluding hydrogens is 236 g/mol. The van der Waals surface area contributed by atoms with Gasteiger partial charge in [-0.1, -0.05) is 0 Å². The van der Waals surface area contributed by atoms with Crippen LogP contribution in [0.4, 0.5) is 0 Å². The normalized spacial score (nSPS) is 19.5. The Balaban J connectivity index is 2.18. The zero-order valence-corrected chi connectivity index (χ0v) is 9.12. The molecule has 12 heavy (non-hydrogen) atoms. The first kappa shape index (κ1) is 8.66. The van der Waals surface area contributed by atoms with Gasteiger partial charge in [-0.3, -0.25) is 0 Å². The molecule has 0 unspecified atom stereocenters. The van der Waals surface area contributed by atoms with E-state index in [1.165, 1.54) is 17.8 Å². The average Bonchev–Trinajstić information content (AvgIpc) is 2.69. The molecule has 1 heterocycles. The van der Waals surface area contributed by atoms with E-state index in [0.717, 1.165) is 16.8 Å². The number of thiazole rings is 1. The van der Waals surface area contributed by atoms with E-state index in [0.29, 0.717) is 5.41 Å². The Bertz CT molecular complexity index is 280. The topological polar surface area (TPSA) is 38.9 Å². The summed E-state index contributed by atoms with van der Waals surface area (Å²) >= 11 is 5.18. The molecule has 1 aliphatic carbocycles. The fraction of sp³-hybridized carbons (Fsp3) is 0.625. The summed E-state index contributed by atoms with van der Waals surface area (Å²) in [6.45, 7) is 0.775. The maximum Gasteiger partial charge on any atom is 0.0998 e. The van der Waals surface area contributed by atoms with Crippen LogP contribution in [0.2, 0.25) is 0 Å². The van der Waals surface area contributed by atoms with Crippen LogP contribution in [-0.4, -0.2) is 11.5 Å². The Morgan fingerprint density at radius 2 is 2.42 bits per heavy atom. The van der Waals surface area contributed by atoms with Gasteiger partial charge in [0, 0.05) is 5.41 Å². The first-order valence-electron chi connectivity index (χ1n) is 4.09. The highest BCUT2D eigenvalue weighted by Gasteiger charge is 2.45. The predicted octanol–water partition coefficient (Wildman–Crippen LogP) is 2.29. The van der Waals surface area contributed by atoms with Gasteiger partial charge in [0.25, 0.3) is 0 Å². The van der Waals surface area contributed by atoms with Gasteiger partial charge in [0.15, 0.2) is 0 Å². The molecule has 1 fully saturated rings. The molecule has 0 radical (unpaired) electrons. The van der Waals surface area contributed by atoms with Gasteiger partial charge in [0.1, 0.15) is 0 Å². The van der Waals surface area contributed by atoms with Crippen LogP contribution in [0.15, 0.2) is 9.98 Å². The van der Waals surface area contributed by atoms with Crippen LogP contribution < -0.4 is 5.73 Å². The Labute approximate surface area is 84.3 Å². The highest BCUT2D eigenvalue weighted by atomic mass is 79.9. The van der Waals surface area contributed by atoms with Crippen LogP contribution in [0.5, 0.6) is 0 Å². The predicted molar refractivity (Wildman–Crippen MR) is 54.4 cm³/mol. The molecule has 0 spiro atoms. The van der Waals surface area contributed by atoms with E-state index >= 15 is 0 Å². The summed E-state index contributed by atoms with van der Waals surface area (Å²) in [6.07, 6.45) is 5.51. The highest BCUT2D eigenvalue weighted by Crippen LogP contribution is 2.52. The molecule has 66 valence electrons. The third kappa shape index (κ3) is 1.43. The monoisotopic (exact) mass is 246 g/mol. The Kier molecular flexibility index (Phi) is 2.23. The molecule has 4 heteroatoms. The van der Waals surface area contributed by atoms with Crippen molar-refractivity contribution in [3.8, 4) is 0 Å². The van der Waals surface area contributed by atoms with Gasteiger partial charge in [-0.25, -0.2) is 4.98 Å². The summed E-state index contributed by atoms with van der Waals surface area (Å²) in [7, 11) is 0. The highest BCUT2D eigenvalue weighted by molar-refractivity contribution is 9.11. The zero-order chi connectivity index (χ0) is 8.60. The molecule has 1 saturated carbocycles. The number of halogens is 1. The summed E-state index contributed by atoms with van der Waals surface area (Å²) in [4.78, 5) is 4.38. The molecular formula is C8H11BrN2S. The summed E-state index contributed by atoms with van der Waals surface area (Å²) in [6, 6.07) is 0. The van der Waals surface area contributed by atoms with Crippen molar-refractivity contribution in [2.75, 3.05) is 6.54 Å². The standard InChI is InChI=1S/C8H11BrN2S/c9-6-5-11-7(12-6)8(1-2-8)3-4-10/h5H,1-4,10H2. The molecule has 0 aliphatic heterocycles. The number of aromatic nitrogens is 1. The Morgan fingerprint density at radius 3 is 2.83 bits per heavy atom. The lowest BCUT2D eigenvalue weighted by Gasteiger charge is -2.08. The van der Waals surface area contributed by atoms with Crippen molar-refractivity contribution in [3.05, 3.63) is 15.0 Å². The molecule has 2 nitrogen and oxygen atoms in total. The molecule has 2 N–H and O–H groups in total. The minimum absolute atomic E-state index is 0.367. The number of hydrogen-bond acceptors (Lipinski definition) is 3. The molecule has 2 rings (SSSR count). The van der Waals surface area contributed by atoms with Gasteiger partial charge in [-0.15, -0.1) is 11.3 Å². The fourth-order valence-corrected chi connectivity index (χ4v) is 2.98. The number of hydrogen-bond donors (Lipinski definition) is 1. The van der Waals surface area contributed by atoms with Crippen molar-refractivity contribution in [3.63, 3.8) is 0 Å². The second kappa shape index (κ2) is 3.09. The van der Waals surface area contributed by atoms with Crippen molar-refractivity contribution < 1.29 is 0 Å². The van der Waals surface area contributed by atoms with Gasteiger partial charge >= 0.3 is 0 Å². The molecule has 1 aromatic rings. The lowest BCUT2D eigenvalue weighted by Crippen LogP contribution is -2.12. The second-order valence-corrected chi connectivity index (χ2v) is 5.70. The minimum Gasteiger partial charge on any atom is -0.330 e. The second-order valence-electron chi connectivity index (χ2n) is 3.29. The van der Waals surface area contributed by atoms with Crippen molar-refractivity contribution in [2.24, 2.45) is 5.73 Å². The maximum atomic E-state index is 5.56. The number of nitrogens with zero attached hydrogens (tertiary/aromatic N) is 1. The van der Waals surface area contributed by atoms with Crippen LogP contribution in [-0.2, 0) is 5.41 Å². The molecule has 1 aromatic heterocycles. The van der Waals surface area contributed by atoms with Crippen molar-refractivity contribution in [1.82, 2.24) is 4.98 Å². The molecule has 0 saturated heterocycles. The van der Waals surface area contributed by atoms with Crippen LogP contribution >= 0.6 is 27.3 Å². The van der Waals surface area contributed by atoms with E-state index in [-0.39, 0.29) is 0 Å². The largest absolute Gasteiger partial charge is 0.330 e. The van der Waals surface area contributed by atoms with Crippen molar-refractivity contribution in [2.45, 2.75) is 24.7 Å². The Hall–Kier alpha value is 0.0700. The smallest absolute Gasteiger partial charge is 0.0998 e. The molecule has 1 aliphatic rings. The Morgan fingerprint density at radius 1 is 1.67 bits per heavy atom. The summed E-state index contributed by atoms with van der Waals surface area (Å²) < 4.78 is 1.13. The third-order valence-corrected chi connectivity index (χ3v) is 4.13. The molecule has 0 atom stereocenters. The van der Waals surface area contributed by atoms with Crippen molar-refractivity contribution in [1.29, 1.82) is 0 Å². The SMILES string of the molecule is NCCC1(c2ncc(Br)s2)CC1. The summed E-state index contributed by atoms with van der Waals surface area (Å²) in [5.74, 6) is 0. The van der Waals surface area contributed by atoms with E-state index < -0.39 is 0 Å². The maximum absolute atomic E-state index is 5.56. The summed E-state index contributed by atoms with van der Waals surface area (Å²) in [5.41, 5.74) is 5.93. The summed E-state index contributed by atoms with van der Waals surface area (Å²) in [5, 5.41) is 1.26. The van der Waals surface area contributed by atoms with Crippen molar-refractivity contribution >= 4 is 27.3 Å². The van der Waals surface area contributed by atoms with Crippen LogP contribution in [0.3, 0.4) is 0 Å². The van der Waals surface area contributed by atoms with E-state index in [2.05, 4.69) is 20.9 Å². The molecule has 0 bridgehead atoms. The quantitative estimate of drug-likeness (QED) is 0.889. The van der Waals surface area contributed by atoms with Gasteiger partial charge in [-0.2, -0.15) is 0 Å². The first-order valence-corrected chi connectivity index (χ1v) is 5.70. The van der Waals surface area contributed by atoms with Gasteiger partial charge < -0.3 is 5.73 Å². The minimum atomic E-state index is 0.367. The van der Waals surface area contributed by atoms with Crippen LogP contribution in [0.25, 0.3) is 0 Å². The number of nitrogens with two attached hydrogens (primary N) is 1. The number of rotatable bonds is 3. The van der Waals surface area contributed by atoms with E-state index in [1.807, 2.05) is 6.20 Å². The van der Waals surface area contributed by atoms with Gasteiger partial charge in [0.05, 0.1) is 15.0 Å². The van der Waals surface area contributed by atoms with Crippen LogP contribution in [0.1, 0.15) is 24.3 Å². The van der Waals surface area contributed by atoms with Crippen LogP contribution in [0, 0.1) is 0 Å². The third-order valence-electron chi connectivity index (χ3n) is 2.41. The van der Waals surface area contributed by atoms with Gasteiger partial charge in [-0.05, 0) is 41.7 Å². The van der Waals surface area contributed by atoms with Gasteiger partial charge in [0.2, 0.25) is 0 Å². The lowest BCUT2D eigenvalue weighted by atomic mass is 10.0. The zero-order valence-electron chi connectivity index (χ0n) is 6.72. The molecule has 0 amide bonds. The lowest BCUT2D eigenvalue weighted by molar-refractivity contribution is 0.624. The van der Waals surface area contributed by atoms with E-state index in [1.54, 1.807) is 11.3 Å².